The van der Waals surface area contributed by atoms with Gasteiger partial charge in [0.1, 0.15) is 0 Å². The number of hydrogen-bond donors (Lipinski definition) is 3. The van der Waals surface area contributed by atoms with Crippen LogP contribution in [0, 0.1) is 6.92 Å². The summed E-state index contributed by atoms with van der Waals surface area (Å²) in [5, 5.41) is 9.25. The number of nitrogens with zero attached hydrogens (tertiary/aromatic N) is 1. The smallest absolute Gasteiger partial charge is 0.251 e. The number of aliphatic imine (C=N–C) groups is 1. The summed E-state index contributed by atoms with van der Waals surface area (Å²) in [7, 11) is 3.40. The van der Waals surface area contributed by atoms with E-state index in [1.165, 1.54) is 11.1 Å². The Bertz CT molecular complexity index is 723. The van der Waals surface area contributed by atoms with Gasteiger partial charge >= 0.3 is 0 Å². The second kappa shape index (κ2) is 9.47. The molecular weight excluding hydrogens is 312 g/mol. The highest BCUT2D eigenvalue weighted by molar-refractivity contribution is 5.94. The quantitative estimate of drug-likeness (QED) is 0.559. The van der Waals surface area contributed by atoms with Gasteiger partial charge in [0.25, 0.3) is 5.91 Å². The average Bonchev–Trinajstić information content (AvgIpc) is 2.65. The first-order chi connectivity index (χ1) is 12.1. The molecule has 0 unspecified atom stereocenters. The Morgan fingerprint density at radius 2 is 1.80 bits per heavy atom. The molecule has 0 spiro atoms. The van der Waals surface area contributed by atoms with E-state index in [9.17, 15) is 4.79 Å². The zero-order valence-corrected chi connectivity index (χ0v) is 15.1. The summed E-state index contributed by atoms with van der Waals surface area (Å²) in [5.41, 5.74) is 4.27. The topological polar surface area (TPSA) is 65.5 Å². The highest BCUT2D eigenvalue weighted by Gasteiger charge is 2.04. The molecular formula is C20H26N4O. The number of rotatable bonds is 6. The summed E-state index contributed by atoms with van der Waals surface area (Å²) in [6.45, 7) is 3.55. The third kappa shape index (κ3) is 5.95. The minimum atomic E-state index is -0.0645. The van der Waals surface area contributed by atoms with Gasteiger partial charge in [0.2, 0.25) is 0 Å². The summed E-state index contributed by atoms with van der Waals surface area (Å²) >= 11 is 0. The lowest BCUT2D eigenvalue weighted by Crippen LogP contribution is -2.37. The third-order valence-corrected chi connectivity index (χ3v) is 3.93. The maximum absolute atomic E-state index is 11.7. The van der Waals surface area contributed by atoms with Crippen LogP contribution in [0.25, 0.3) is 0 Å². The Morgan fingerprint density at radius 3 is 2.48 bits per heavy atom. The van der Waals surface area contributed by atoms with Gasteiger partial charge in [0.05, 0.1) is 0 Å². The van der Waals surface area contributed by atoms with Crippen LogP contribution in [0.2, 0.25) is 0 Å². The lowest BCUT2D eigenvalue weighted by Gasteiger charge is -2.12. The summed E-state index contributed by atoms with van der Waals surface area (Å²) < 4.78 is 0. The second-order valence-corrected chi connectivity index (χ2v) is 5.87. The van der Waals surface area contributed by atoms with Crippen LogP contribution < -0.4 is 16.0 Å². The predicted octanol–water partition coefficient (Wildman–Crippen LogP) is 2.26. The molecule has 0 radical (unpaired) electrons. The number of hydrogen-bond acceptors (Lipinski definition) is 2. The molecule has 0 aliphatic rings. The zero-order chi connectivity index (χ0) is 18.1. The number of carbonyl (C=O) groups is 1. The maximum atomic E-state index is 11.7. The minimum absolute atomic E-state index is 0.0645. The van der Waals surface area contributed by atoms with Gasteiger partial charge in [0.15, 0.2) is 5.96 Å². The van der Waals surface area contributed by atoms with Crippen molar-refractivity contribution in [3.63, 3.8) is 0 Å². The van der Waals surface area contributed by atoms with Gasteiger partial charge in [-0.25, -0.2) is 0 Å². The van der Waals surface area contributed by atoms with Gasteiger partial charge in [0, 0.05) is 32.7 Å². The van der Waals surface area contributed by atoms with E-state index in [4.69, 9.17) is 0 Å². The van der Waals surface area contributed by atoms with Gasteiger partial charge in [-0.05, 0) is 36.6 Å². The second-order valence-electron chi connectivity index (χ2n) is 5.87. The van der Waals surface area contributed by atoms with E-state index in [1.807, 2.05) is 24.3 Å². The van der Waals surface area contributed by atoms with Gasteiger partial charge in [-0.15, -0.1) is 0 Å². The van der Waals surface area contributed by atoms with Crippen LogP contribution >= 0.6 is 0 Å². The Morgan fingerprint density at radius 1 is 1.04 bits per heavy atom. The molecule has 0 saturated heterocycles. The number of amides is 1. The van der Waals surface area contributed by atoms with Crippen LogP contribution in [0.5, 0.6) is 0 Å². The first kappa shape index (κ1) is 18.5. The summed E-state index contributed by atoms with van der Waals surface area (Å²) in [6.07, 6.45) is 0.816. The molecule has 0 saturated carbocycles. The Kier molecular flexibility index (Phi) is 7.01. The van der Waals surface area contributed by atoms with Crippen LogP contribution in [-0.4, -0.2) is 32.5 Å². The van der Waals surface area contributed by atoms with Gasteiger partial charge in [-0.2, -0.15) is 0 Å². The van der Waals surface area contributed by atoms with E-state index < -0.39 is 0 Å². The minimum Gasteiger partial charge on any atom is -0.356 e. The first-order valence-corrected chi connectivity index (χ1v) is 8.43. The molecule has 2 rings (SSSR count). The van der Waals surface area contributed by atoms with E-state index >= 15 is 0 Å². The van der Waals surface area contributed by atoms with E-state index in [1.54, 1.807) is 14.1 Å². The van der Waals surface area contributed by atoms with Crippen LogP contribution in [0.1, 0.15) is 27.0 Å². The van der Waals surface area contributed by atoms with Crippen molar-refractivity contribution in [1.82, 2.24) is 16.0 Å². The summed E-state index contributed by atoms with van der Waals surface area (Å²) in [6, 6.07) is 16.1. The average molecular weight is 338 g/mol. The zero-order valence-electron chi connectivity index (χ0n) is 15.1. The van der Waals surface area contributed by atoms with Crippen molar-refractivity contribution in [3.05, 3.63) is 70.8 Å². The molecule has 0 atom stereocenters. The fourth-order valence-electron chi connectivity index (χ4n) is 2.45. The highest BCUT2D eigenvalue weighted by Crippen LogP contribution is 2.06. The standard InChI is InChI=1S/C20H26N4O/c1-15-7-9-17(10-8-15)14-24-20(22-3)23-12-11-16-5-4-6-18(13-16)19(25)21-2/h4-10,13H,11-12,14H2,1-3H3,(H,21,25)(H2,22,23,24). The molecule has 0 bridgehead atoms. The predicted molar refractivity (Wildman–Crippen MR) is 103 cm³/mol. The van der Waals surface area contributed by atoms with Crippen LogP contribution in [-0.2, 0) is 13.0 Å². The number of benzene rings is 2. The fraction of sp³-hybridized carbons (Fsp3) is 0.300. The molecule has 0 aliphatic carbocycles. The van der Waals surface area contributed by atoms with Crippen LogP contribution in [0.4, 0.5) is 0 Å². The summed E-state index contributed by atoms with van der Waals surface area (Å²) in [4.78, 5) is 15.9. The molecule has 2 aromatic rings. The molecule has 0 aromatic heterocycles. The van der Waals surface area contributed by atoms with Crippen molar-refractivity contribution in [2.45, 2.75) is 19.9 Å². The Balaban J connectivity index is 1.81. The number of aryl methyl sites for hydroxylation is 1. The lowest BCUT2D eigenvalue weighted by molar-refractivity contribution is 0.0963. The lowest BCUT2D eigenvalue weighted by atomic mass is 10.1. The van der Waals surface area contributed by atoms with Crippen molar-refractivity contribution in [3.8, 4) is 0 Å². The highest BCUT2D eigenvalue weighted by atomic mass is 16.1. The third-order valence-electron chi connectivity index (χ3n) is 3.93. The molecule has 0 aliphatic heterocycles. The number of nitrogens with one attached hydrogen (secondary N) is 3. The fourth-order valence-corrected chi connectivity index (χ4v) is 2.45. The van der Waals surface area contributed by atoms with E-state index in [0.29, 0.717) is 5.56 Å². The normalized spacial score (nSPS) is 11.1. The largest absolute Gasteiger partial charge is 0.356 e. The van der Waals surface area contributed by atoms with Gasteiger partial charge < -0.3 is 16.0 Å². The number of guanidine groups is 1. The van der Waals surface area contributed by atoms with Gasteiger partial charge in [-0.1, -0.05) is 42.0 Å². The van der Waals surface area contributed by atoms with Crippen molar-refractivity contribution in [1.29, 1.82) is 0 Å². The molecule has 5 heteroatoms. The Hall–Kier alpha value is -2.82. The molecule has 132 valence electrons. The van der Waals surface area contributed by atoms with E-state index in [0.717, 1.165) is 31.0 Å². The number of carbonyl (C=O) groups excluding carboxylic acids is 1. The first-order valence-electron chi connectivity index (χ1n) is 8.43. The molecule has 25 heavy (non-hydrogen) atoms. The molecule has 0 heterocycles. The van der Waals surface area contributed by atoms with Crippen LogP contribution in [0.3, 0.4) is 0 Å². The molecule has 3 N–H and O–H groups in total. The van der Waals surface area contributed by atoms with Crippen molar-refractivity contribution in [2.24, 2.45) is 4.99 Å². The monoisotopic (exact) mass is 338 g/mol. The van der Waals surface area contributed by atoms with Crippen molar-refractivity contribution >= 4 is 11.9 Å². The van der Waals surface area contributed by atoms with Crippen molar-refractivity contribution in [2.75, 3.05) is 20.6 Å². The van der Waals surface area contributed by atoms with Crippen LogP contribution in [0.15, 0.2) is 53.5 Å². The van der Waals surface area contributed by atoms with Crippen molar-refractivity contribution < 1.29 is 4.79 Å². The molecule has 0 fully saturated rings. The molecule has 5 nitrogen and oxygen atoms in total. The Labute approximate surface area is 149 Å². The SMILES string of the molecule is CN=C(NCCc1cccc(C(=O)NC)c1)NCc1ccc(C)cc1. The molecule has 2 aromatic carbocycles. The summed E-state index contributed by atoms with van der Waals surface area (Å²) in [5.74, 6) is 0.702. The van der Waals surface area contributed by atoms with E-state index in [-0.39, 0.29) is 5.91 Å². The molecule has 1 amide bonds. The van der Waals surface area contributed by atoms with E-state index in [2.05, 4.69) is 52.1 Å². The maximum Gasteiger partial charge on any atom is 0.251 e. The van der Waals surface area contributed by atoms with Gasteiger partial charge in [-0.3, -0.25) is 9.79 Å².